The third-order valence-corrected chi connectivity index (χ3v) is 2.82. The first kappa shape index (κ1) is 12.8. The Morgan fingerprint density at radius 1 is 1.56 bits per heavy atom. The minimum atomic E-state index is -4.52. The van der Waals surface area contributed by atoms with Gasteiger partial charge in [0.25, 0.3) is 0 Å². The number of aliphatic carboxylic acids is 1. The van der Waals surface area contributed by atoms with Crippen molar-refractivity contribution in [2.24, 2.45) is 0 Å². The lowest BCUT2D eigenvalue weighted by Crippen LogP contribution is -2.14. The van der Waals surface area contributed by atoms with E-state index in [4.69, 9.17) is 5.11 Å². The number of nitrogens with zero attached hydrogens (tertiary/aromatic N) is 1. The molecule has 1 atom stereocenters. The normalized spacial score (nSPS) is 13.5. The maximum Gasteiger partial charge on any atom is 0.419 e. The van der Waals surface area contributed by atoms with Crippen LogP contribution in [0.2, 0.25) is 0 Å². The minimum Gasteiger partial charge on any atom is -0.480 e. The summed E-state index contributed by atoms with van der Waals surface area (Å²) in [4.78, 5) is 14.1. The lowest BCUT2D eigenvalue weighted by atomic mass is 10.3. The van der Waals surface area contributed by atoms with Crippen LogP contribution in [0, 0.1) is 0 Å². The third kappa shape index (κ3) is 3.13. The van der Waals surface area contributed by atoms with E-state index in [0.29, 0.717) is 11.8 Å². The predicted molar refractivity (Wildman–Crippen MR) is 52.2 cm³/mol. The number of carbonyl (C=O) groups is 1. The molecule has 0 aromatic carbocycles. The quantitative estimate of drug-likeness (QED) is 0.839. The Morgan fingerprint density at radius 3 is 2.69 bits per heavy atom. The highest BCUT2D eigenvalue weighted by molar-refractivity contribution is 8.00. The van der Waals surface area contributed by atoms with Crippen LogP contribution in [0.3, 0.4) is 0 Å². The van der Waals surface area contributed by atoms with Gasteiger partial charge >= 0.3 is 12.1 Å². The minimum absolute atomic E-state index is 0.315. The van der Waals surface area contributed by atoms with Crippen molar-refractivity contribution in [3.8, 4) is 0 Å². The second-order valence-electron chi connectivity index (χ2n) is 2.95. The highest BCUT2D eigenvalue weighted by Gasteiger charge is 2.34. The molecule has 0 amide bonds. The van der Waals surface area contributed by atoms with Crippen molar-refractivity contribution in [2.45, 2.75) is 23.4 Å². The molecule has 7 heteroatoms. The fourth-order valence-electron chi connectivity index (χ4n) is 0.918. The molecule has 1 rings (SSSR count). The van der Waals surface area contributed by atoms with Gasteiger partial charge in [-0.15, -0.1) is 0 Å². The third-order valence-electron chi connectivity index (χ3n) is 1.71. The van der Waals surface area contributed by atoms with Crippen molar-refractivity contribution in [1.82, 2.24) is 4.98 Å². The molecule has 0 saturated heterocycles. The number of hydrogen-bond acceptors (Lipinski definition) is 3. The number of pyridine rings is 1. The van der Waals surface area contributed by atoms with Crippen LogP contribution in [0.1, 0.15) is 12.5 Å². The smallest absolute Gasteiger partial charge is 0.419 e. The van der Waals surface area contributed by atoms with E-state index in [1.165, 1.54) is 13.1 Å². The van der Waals surface area contributed by atoms with Gasteiger partial charge in [-0.1, -0.05) is 11.8 Å². The van der Waals surface area contributed by atoms with Crippen molar-refractivity contribution in [1.29, 1.82) is 0 Å². The van der Waals surface area contributed by atoms with E-state index >= 15 is 0 Å². The molecule has 0 aliphatic heterocycles. The van der Waals surface area contributed by atoms with E-state index in [-0.39, 0.29) is 5.03 Å². The van der Waals surface area contributed by atoms with Crippen LogP contribution in [0.4, 0.5) is 13.2 Å². The largest absolute Gasteiger partial charge is 0.480 e. The first-order chi connectivity index (χ1) is 7.32. The summed E-state index contributed by atoms with van der Waals surface area (Å²) in [7, 11) is 0. The van der Waals surface area contributed by atoms with Gasteiger partial charge in [0.15, 0.2) is 0 Å². The summed E-state index contributed by atoms with van der Waals surface area (Å²) in [6.45, 7) is 1.31. The van der Waals surface area contributed by atoms with E-state index in [1.807, 2.05) is 0 Å². The average molecular weight is 251 g/mol. The molecule has 88 valence electrons. The van der Waals surface area contributed by atoms with Crippen molar-refractivity contribution in [3.05, 3.63) is 23.9 Å². The molecule has 0 saturated carbocycles. The lowest BCUT2D eigenvalue weighted by Gasteiger charge is -2.12. The predicted octanol–water partition coefficient (Wildman–Crippen LogP) is 2.67. The highest BCUT2D eigenvalue weighted by atomic mass is 32.2. The molecule has 1 unspecified atom stereocenters. The Bertz CT molecular complexity index is 395. The number of carboxylic acid groups (broad SMARTS) is 1. The van der Waals surface area contributed by atoms with E-state index in [9.17, 15) is 18.0 Å². The summed E-state index contributed by atoms with van der Waals surface area (Å²) in [6.07, 6.45) is -3.32. The van der Waals surface area contributed by atoms with Gasteiger partial charge in [-0.2, -0.15) is 13.2 Å². The number of aromatic nitrogens is 1. The zero-order valence-corrected chi connectivity index (χ0v) is 8.97. The maximum atomic E-state index is 12.5. The Morgan fingerprint density at radius 2 is 2.19 bits per heavy atom. The van der Waals surface area contributed by atoms with Gasteiger partial charge in [-0.3, -0.25) is 4.79 Å². The second kappa shape index (κ2) is 4.73. The fraction of sp³-hybridized carbons (Fsp3) is 0.333. The molecule has 16 heavy (non-hydrogen) atoms. The first-order valence-corrected chi connectivity index (χ1v) is 5.12. The summed E-state index contributed by atoms with van der Waals surface area (Å²) in [6, 6.07) is 2.04. The number of halogens is 3. The molecule has 0 aliphatic rings. The number of carboxylic acids is 1. The molecule has 0 radical (unpaired) electrons. The molecule has 0 aliphatic carbocycles. The van der Waals surface area contributed by atoms with Crippen molar-refractivity contribution >= 4 is 17.7 Å². The van der Waals surface area contributed by atoms with Gasteiger partial charge < -0.3 is 5.11 Å². The Kier molecular flexibility index (Phi) is 3.79. The van der Waals surface area contributed by atoms with Crippen LogP contribution >= 0.6 is 11.8 Å². The van der Waals surface area contributed by atoms with E-state index in [1.54, 1.807) is 0 Å². The molecule has 0 bridgehead atoms. The molecule has 1 heterocycles. The van der Waals surface area contributed by atoms with Gasteiger partial charge in [0.1, 0.15) is 10.3 Å². The fourth-order valence-corrected chi connectivity index (χ4v) is 1.79. The van der Waals surface area contributed by atoms with E-state index in [2.05, 4.69) is 4.98 Å². The van der Waals surface area contributed by atoms with Gasteiger partial charge in [0.2, 0.25) is 0 Å². The molecule has 1 aromatic rings. The maximum absolute atomic E-state index is 12.5. The summed E-state index contributed by atoms with van der Waals surface area (Å²) in [5, 5.41) is 7.32. The van der Waals surface area contributed by atoms with Gasteiger partial charge in [-0.25, -0.2) is 4.98 Å². The summed E-state index contributed by atoms with van der Waals surface area (Å²) >= 11 is 0.575. The van der Waals surface area contributed by atoms with Crippen molar-refractivity contribution < 1.29 is 23.1 Å². The zero-order chi connectivity index (χ0) is 12.3. The summed E-state index contributed by atoms with van der Waals surface area (Å²) in [5.74, 6) is -1.18. The number of hydrogen-bond donors (Lipinski definition) is 1. The number of rotatable bonds is 3. The van der Waals surface area contributed by atoms with Crippen LogP contribution in [0.15, 0.2) is 23.4 Å². The first-order valence-electron chi connectivity index (χ1n) is 4.24. The highest BCUT2D eigenvalue weighted by Crippen LogP contribution is 2.36. The molecule has 1 N–H and O–H groups in total. The second-order valence-corrected chi connectivity index (χ2v) is 4.28. The van der Waals surface area contributed by atoms with Crippen LogP contribution in [-0.4, -0.2) is 21.3 Å². The standard InChI is InChI=1S/C9H8F3NO2S/c1-5(8(14)15)16-7-6(9(10,11)12)3-2-4-13-7/h2-5H,1H3,(H,14,15). The van der Waals surface area contributed by atoms with Crippen molar-refractivity contribution in [2.75, 3.05) is 0 Å². The zero-order valence-electron chi connectivity index (χ0n) is 8.15. The van der Waals surface area contributed by atoms with Crippen LogP contribution in [0.25, 0.3) is 0 Å². The Hall–Kier alpha value is -1.24. The van der Waals surface area contributed by atoms with E-state index < -0.39 is 23.0 Å². The topological polar surface area (TPSA) is 50.2 Å². The van der Waals surface area contributed by atoms with Gasteiger partial charge in [0.05, 0.1) is 5.56 Å². The van der Waals surface area contributed by atoms with Gasteiger partial charge in [0, 0.05) is 6.20 Å². The van der Waals surface area contributed by atoms with Crippen LogP contribution in [-0.2, 0) is 11.0 Å². The molecular formula is C9H8F3NO2S. The van der Waals surface area contributed by atoms with Crippen molar-refractivity contribution in [3.63, 3.8) is 0 Å². The summed E-state index contributed by atoms with van der Waals surface area (Å²) in [5.41, 5.74) is -0.909. The Labute approximate surface area is 93.7 Å². The molecule has 1 aromatic heterocycles. The van der Waals surface area contributed by atoms with Crippen LogP contribution in [0.5, 0.6) is 0 Å². The summed E-state index contributed by atoms with van der Waals surface area (Å²) < 4.78 is 37.5. The average Bonchev–Trinajstić information content (AvgIpc) is 2.16. The lowest BCUT2D eigenvalue weighted by molar-refractivity contribution is -0.140. The molecule has 3 nitrogen and oxygen atoms in total. The van der Waals surface area contributed by atoms with Gasteiger partial charge in [-0.05, 0) is 19.1 Å². The molecule has 0 spiro atoms. The number of alkyl halides is 3. The monoisotopic (exact) mass is 251 g/mol. The van der Waals surface area contributed by atoms with Crippen LogP contribution < -0.4 is 0 Å². The Balaban J connectivity index is 3.01. The molecular weight excluding hydrogens is 243 g/mol. The SMILES string of the molecule is CC(Sc1ncccc1C(F)(F)F)C(=O)O. The molecule has 0 fully saturated rings. The number of thioether (sulfide) groups is 1. The van der Waals surface area contributed by atoms with E-state index in [0.717, 1.165) is 12.1 Å².